The van der Waals surface area contributed by atoms with Crippen LogP contribution in [-0.2, 0) is 0 Å². The van der Waals surface area contributed by atoms with Gasteiger partial charge in [0, 0.05) is 12.3 Å². The Bertz CT molecular complexity index is 261. The highest BCUT2D eigenvalue weighted by atomic mass is 32.2. The molecule has 1 rings (SSSR count). The number of hydrogen-bond donors (Lipinski definition) is 0. The Hall–Kier alpha value is -0.390. The van der Waals surface area contributed by atoms with E-state index in [1.807, 2.05) is 13.8 Å². The van der Waals surface area contributed by atoms with Crippen LogP contribution in [0.15, 0.2) is 5.10 Å². The topological polar surface area (TPSA) is 15.6 Å². The van der Waals surface area contributed by atoms with Gasteiger partial charge in [-0.25, -0.2) is 0 Å². The number of hydrogen-bond acceptors (Lipinski definition) is 3. The van der Waals surface area contributed by atoms with Gasteiger partial charge in [0.15, 0.2) is 0 Å². The van der Waals surface area contributed by atoms with Crippen molar-refractivity contribution in [1.82, 2.24) is 5.01 Å². The number of halogens is 3. The van der Waals surface area contributed by atoms with Crippen LogP contribution < -0.4 is 0 Å². The van der Waals surface area contributed by atoms with E-state index in [1.165, 1.54) is 0 Å². The predicted molar refractivity (Wildman–Crippen MR) is 57.0 cm³/mol. The van der Waals surface area contributed by atoms with E-state index in [1.54, 1.807) is 18.9 Å². The molecule has 0 N–H and O–H groups in total. The molecule has 0 radical (unpaired) electrons. The number of alkyl halides is 3. The van der Waals surface area contributed by atoms with E-state index in [0.29, 0.717) is 0 Å². The van der Waals surface area contributed by atoms with Crippen molar-refractivity contribution in [3.05, 3.63) is 0 Å². The van der Waals surface area contributed by atoms with Crippen LogP contribution in [0.3, 0.4) is 0 Å². The molecule has 1 unspecified atom stereocenters. The van der Waals surface area contributed by atoms with E-state index in [0.717, 1.165) is 18.0 Å². The van der Waals surface area contributed by atoms with Gasteiger partial charge in [-0.1, -0.05) is 0 Å². The van der Waals surface area contributed by atoms with Crippen molar-refractivity contribution in [1.29, 1.82) is 0 Å². The zero-order valence-electron chi connectivity index (χ0n) is 9.17. The van der Waals surface area contributed by atoms with Gasteiger partial charge in [-0.2, -0.15) is 18.3 Å². The number of rotatable bonds is 1. The maximum absolute atomic E-state index is 12.5. The summed E-state index contributed by atoms with van der Waals surface area (Å²) in [5.41, 5.74) is 0. The Morgan fingerprint density at radius 1 is 1.40 bits per heavy atom. The summed E-state index contributed by atoms with van der Waals surface area (Å²) in [6.07, 6.45) is -3.23. The monoisotopic (exact) mass is 240 g/mol. The summed E-state index contributed by atoms with van der Waals surface area (Å²) in [5.74, 6) is 0. The van der Waals surface area contributed by atoms with Gasteiger partial charge in [-0.15, -0.1) is 11.8 Å². The molecule has 0 bridgehead atoms. The third kappa shape index (κ3) is 2.80. The summed E-state index contributed by atoms with van der Waals surface area (Å²) in [5, 5.41) is 4.09. The second-order valence-corrected chi connectivity index (χ2v) is 5.97. The molecule has 0 aromatic rings. The summed E-state index contributed by atoms with van der Waals surface area (Å²) >= 11 is 0.884. The Morgan fingerprint density at radius 3 is 2.27 bits per heavy atom. The molecule has 88 valence electrons. The SMILES string of the molecule is CC(C)N1N=CC(C(F)(F)F)SC1(C)C. The van der Waals surface area contributed by atoms with Crippen LogP contribution >= 0.6 is 11.8 Å². The third-order valence-corrected chi connectivity index (χ3v) is 3.51. The minimum absolute atomic E-state index is 0.0953. The van der Waals surface area contributed by atoms with Crippen LogP contribution in [0.25, 0.3) is 0 Å². The Morgan fingerprint density at radius 2 is 1.93 bits per heavy atom. The van der Waals surface area contributed by atoms with E-state index >= 15 is 0 Å². The quantitative estimate of drug-likeness (QED) is 0.700. The maximum Gasteiger partial charge on any atom is 0.405 e. The fraction of sp³-hybridized carbons (Fsp3) is 0.889. The summed E-state index contributed by atoms with van der Waals surface area (Å²) in [4.78, 5) is -0.622. The minimum atomic E-state index is -4.21. The molecule has 1 heterocycles. The highest BCUT2D eigenvalue weighted by molar-refractivity contribution is 8.01. The average Bonchev–Trinajstić information content (AvgIpc) is 1.99. The van der Waals surface area contributed by atoms with Gasteiger partial charge in [-0.3, -0.25) is 5.01 Å². The zero-order chi connectivity index (χ0) is 11.9. The van der Waals surface area contributed by atoms with Crippen molar-refractivity contribution in [2.75, 3.05) is 0 Å². The molecule has 15 heavy (non-hydrogen) atoms. The summed E-state index contributed by atoms with van der Waals surface area (Å²) in [6.45, 7) is 7.33. The number of hydrazone groups is 1. The van der Waals surface area contributed by atoms with Gasteiger partial charge in [0.05, 0.1) is 4.87 Å². The summed E-state index contributed by atoms with van der Waals surface area (Å²) in [6, 6.07) is 0.0953. The first-order valence-electron chi connectivity index (χ1n) is 4.72. The van der Waals surface area contributed by atoms with Gasteiger partial charge in [0.25, 0.3) is 0 Å². The maximum atomic E-state index is 12.5. The fourth-order valence-corrected chi connectivity index (χ4v) is 2.81. The zero-order valence-corrected chi connectivity index (χ0v) is 9.99. The lowest BCUT2D eigenvalue weighted by atomic mass is 10.3. The lowest BCUT2D eigenvalue weighted by Crippen LogP contribution is -2.49. The lowest BCUT2D eigenvalue weighted by molar-refractivity contribution is -0.117. The molecule has 0 aromatic heterocycles. The smallest absolute Gasteiger partial charge is 0.279 e. The molecule has 1 aliphatic heterocycles. The molecular weight excluding hydrogens is 225 g/mol. The Labute approximate surface area is 91.9 Å². The van der Waals surface area contributed by atoms with Gasteiger partial charge >= 0.3 is 6.18 Å². The molecule has 6 heteroatoms. The second-order valence-electron chi connectivity index (χ2n) is 4.23. The highest BCUT2D eigenvalue weighted by Crippen LogP contribution is 2.42. The number of nitrogens with zero attached hydrogens (tertiary/aromatic N) is 2. The van der Waals surface area contributed by atoms with Crippen molar-refractivity contribution < 1.29 is 13.2 Å². The van der Waals surface area contributed by atoms with Gasteiger partial charge < -0.3 is 0 Å². The highest BCUT2D eigenvalue weighted by Gasteiger charge is 2.46. The van der Waals surface area contributed by atoms with E-state index < -0.39 is 16.3 Å². The van der Waals surface area contributed by atoms with Gasteiger partial charge in [0.1, 0.15) is 5.25 Å². The van der Waals surface area contributed by atoms with Crippen LogP contribution in [0.5, 0.6) is 0 Å². The standard InChI is InChI=1S/C9H15F3N2S/c1-6(2)14-8(3,4)15-7(5-13-14)9(10,11)12/h5-7H,1-4H3. The molecule has 2 nitrogen and oxygen atoms in total. The van der Waals surface area contributed by atoms with E-state index in [-0.39, 0.29) is 6.04 Å². The molecule has 1 atom stereocenters. The van der Waals surface area contributed by atoms with Gasteiger partial charge in [0.2, 0.25) is 0 Å². The van der Waals surface area contributed by atoms with Gasteiger partial charge in [-0.05, 0) is 27.7 Å². The summed E-state index contributed by atoms with van der Waals surface area (Å²) < 4.78 is 37.4. The third-order valence-electron chi connectivity index (χ3n) is 2.11. The van der Waals surface area contributed by atoms with Crippen molar-refractivity contribution in [3.63, 3.8) is 0 Å². The molecule has 1 aliphatic rings. The molecule has 0 aliphatic carbocycles. The van der Waals surface area contributed by atoms with Crippen molar-refractivity contribution in [2.45, 2.75) is 50.0 Å². The Balaban J connectivity index is 2.89. The van der Waals surface area contributed by atoms with E-state index in [9.17, 15) is 13.2 Å². The molecule has 0 amide bonds. The second kappa shape index (κ2) is 3.88. The molecule has 0 aromatic carbocycles. The summed E-state index contributed by atoms with van der Waals surface area (Å²) in [7, 11) is 0. The first-order valence-corrected chi connectivity index (χ1v) is 5.60. The number of thioether (sulfide) groups is 1. The first kappa shape index (κ1) is 12.7. The fourth-order valence-electron chi connectivity index (χ4n) is 1.57. The molecular formula is C9H15F3N2S. The van der Waals surface area contributed by atoms with Crippen molar-refractivity contribution >= 4 is 18.0 Å². The molecule has 0 saturated heterocycles. The van der Waals surface area contributed by atoms with Crippen LogP contribution in [0, 0.1) is 0 Å². The minimum Gasteiger partial charge on any atom is -0.279 e. The van der Waals surface area contributed by atoms with E-state index in [2.05, 4.69) is 5.10 Å². The van der Waals surface area contributed by atoms with Crippen molar-refractivity contribution in [2.24, 2.45) is 5.10 Å². The predicted octanol–water partition coefficient (Wildman–Crippen LogP) is 3.10. The van der Waals surface area contributed by atoms with Crippen LogP contribution in [0.1, 0.15) is 27.7 Å². The first-order chi connectivity index (χ1) is 6.64. The van der Waals surface area contributed by atoms with Crippen LogP contribution in [0.4, 0.5) is 13.2 Å². The lowest BCUT2D eigenvalue weighted by Gasteiger charge is -2.43. The molecule has 0 saturated carbocycles. The normalized spacial score (nSPS) is 26.1. The molecule has 0 fully saturated rings. The largest absolute Gasteiger partial charge is 0.405 e. The Kier molecular flexibility index (Phi) is 3.28. The molecule has 0 spiro atoms. The van der Waals surface area contributed by atoms with E-state index in [4.69, 9.17) is 0 Å². The average molecular weight is 240 g/mol. The van der Waals surface area contributed by atoms with Crippen molar-refractivity contribution in [3.8, 4) is 0 Å². The van der Waals surface area contributed by atoms with Crippen LogP contribution in [0.2, 0.25) is 0 Å². The van der Waals surface area contributed by atoms with Crippen LogP contribution in [-0.4, -0.2) is 33.6 Å².